The van der Waals surface area contributed by atoms with Gasteiger partial charge >= 0.3 is 6.09 Å². The van der Waals surface area contributed by atoms with Crippen LogP contribution in [-0.4, -0.2) is 18.2 Å². The van der Waals surface area contributed by atoms with Gasteiger partial charge in [-0.3, -0.25) is 4.90 Å². The summed E-state index contributed by atoms with van der Waals surface area (Å²) in [6, 6.07) is 5.36. The molecule has 0 aromatic heterocycles. The van der Waals surface area contributed by atoms with Crippen LogP contribution in [-0.2, 0) is 4.74 Å². The first kappa shape index (κ1) is 14.2. The van der Waals surface area contributed by atoms with E-state index in [2.05, 4.69) is 0 Å². The topological polar surface area (TPSA) is 55.6 Å². The summed E-state index contributed by atoms with van der Waals surface area (Å²) in [6.45, 7) is 6.09. The van der Waals surface area contributed by atoms with Crippen molar-refractivity contribution in [1.29, 1.82) is 0 Å². The van der Waals surface area contributed by atoms with Gasteiger partial charge in [-0.15, -0.1) is 0 Å². The number of fused-ring (bicyclic) bond motifs is 1. The zero-order valence-electron chi connectivity index (χ0n) is 11.4. The maximum atomic E-state index is 12.2. The summed E-state index contributed by atoms with van der Waals surface area (Å²) in [4.78, 5) is 13.8. The van der Waals surface area contributed by atoms with Crippen LogP contribution < -0.4 is 10.6 Å². The van der Waals surface area contributed by atoms with Crippen LogP contribution in [0.1, 0.15) is 38.8 Å². The molecule has 1 heterocycles. The third-order valence-electron chi connectivity index (χ3n) is 2.96. The van der Waals surface area contributed by atoms with E-state index >= 15 is 0 Å². The first-order chi connectivity index (χ1) is 8.78. The zero-order chi connectivity index (χ0) is 14.2. The van der Waals surface area contributed by atoms with Crippen LogP contribution in [0.25, 0.3) is 0 Å². The number of hydrogen-bond acceptors (Lipinski definition) is 3. The van der Waals surface area contributed by atoms with Crippen molar-refractivity contribution in [3.8, 4) is 0 Å². The number of benzene rings is 1. The monoisotopic (exact) mass is 282 g/mol. The first-order valence-corrected chi connectivity index (χ1v) is 6.71. The number of ether oxygens (including phenoxy) is 1. The van der Waals surface area contributed by atoms with Crippen molar-refractivity contribution in [2.45, 2.75) is 38.8 Å². The van der Waals surface area contributed by atoms with Crippen LogP contribution in [0.3, 0.4) is 0 Å². The second-order valence-corrected chi connectivity index (χ2v) is 6.17. The largest absolute Gasteiger partial charge is 0.443 e. The molecule has 1 amide bonds. The number of halogens is 1. The fraction of sp³-hybridized carbons (Fsp3) is 0.500. The molecule has 0 fully saturated rings. The van der Waals surface area contributed by atoms with E-state index < -0.39 is 5.60 Å². The average molecular weight is 283 g/mol. The van der Waals surface area contributed by atoms with Crippen molar-refractivity contribution >= 4 is 23.4 Å². The van der Waals surface area contributed by atoms with Gasteiger partial charge in [0.2, 0.25) is 0 Å². The molecule has 0 aliphatic carbocycles. The van der Waals surface area contributed by atoms with Crippen molar-refractivity contribution < 1.29 is 9.53 Å². The minimum atomic E-state index is -0.518. The molecule has 0 saturated carbocycles. The summed E-state index contributed by atoms with van der Waals surface area (Å²) in [5.41, 5.74) is 7.23. The van der Waals surface area contributed by atoms with Gasteiger partial charge in [0.1, 0.15) is 5.60 Å². The lowest BCUT2D eigenvalue weighted by Gasteiger charge is -2.34. The van der Waals surface area contributed by atoms with Crippen molar-refractivity contribution in [2.24, 2.45) is 5.73 Å². The number of carbonyl (C=O) groups excluding carboxylic acids is 1. The summed E-state index contributed by atoms with van der Waals surface area (Å²) in [5, 5.41) is 0.585. The van der Waals surface area contributed by atoms with E-state index in [0.717, 1.165) is 11.3 Å². The smallest absolute Gasteiger partial charge is 0.414 e. The number of nitrogens with two attached hydrogens (primary N) is 1. The molecule has 0 saturated heterocycles. The second kappa shape index (κ2) is 5.02. The minimum Gasteiger partial charge on any atom is -0.443 e. The van der Waals surface area contributed by atoms with E-state index in [9.17, 15) is 4.79 Å². The molecule has 1 atom stereocenters. The van der Waals surface area contributed by atoms with E-state index in [1.807, 2.05) is 26.8 Å². The van der Waals surface area contributed by atoms with Gasteiger partial charge in [0, 0.05) is 17.6 Å². The van der Waals surface area contributed by atoms with Crippen LogP contribution >= 0.6 is 11.6 Å². The number of carbonyl (C=O) groups is 1. The number of rotatable bonds is 0. The number of amides is 1. The van der Waals surface area contributed by atoms with Crippen molar-refractivity contribution in [3.05, 3.63) is 28.8 Å². The maximum absolute atomic E-state index is 12.2. The highest BCUT2D eigenvalue weighted by Gasteiger charge is 2.30. The Morgan fingerprint density at radius 1 is 1.47 bits per heavy atom. The molecule has 19 heavy (non-hydrogen) atoms. The first-order valence-electron chi connectivity index (χ1n) is 6.33. The second-order valence-electron chi connectivity index (χ2n) is 5.73. The summed E-state index contributed by atoms with van der Waals surface area (Å²) in [6.07, 6.45) is 0.358. The lowest BCUT2D eigenvalue weighted by Crippen LogP contribution is -2.41. The zero-order valence-corrected chi connectivity index (χ0v) is 12.2. The van der Waals surface area contributed by atoms with Crippen LogP contribution in [0, 0.1) is 0 Å². The van der Waals surface area contributed by atoms with Crippen LogP contribution in [0.15, 0.2) is 18.2 Å². The standard InChI is InChI=1S/C14H19ClN2O2/c1-14(2,3)19-13(18)17-7-6-11(16)10-5-4-9(15)8-12(10)17/h4-5,8,11H,6-7,16H2,1-3H3. The molecule has 0 radical (unpaired) electrons. The Labute approximate surface area is 118 Å². The van der Waals surface area contributed by atoms with Gasteiger partial charge in [-0.25, -0.2) is 4.79 Å². The molecular weight excluding hydrogens is 264 g/mol. The Morgan fingerprint density at radius 3 is 2.79 bits per heavy atom. The summed E-state index contributed by atoms with van der Waals surface area (Å²) >= 11 is 6.01. The fourth-order valence-corrected chi connectivity index (χ4v) is 2.28. The SMILES string of the molecule is CC(C)(C)OC(=O)N1CCC(N)c2ccc(Cl)cc21. The predicted octanol–water partition coefficient (Wildman–Crippen LogP) is 3.49. The van der Waals surface area contributed by atoms with E-state index in [1.165, 1.54) is 0 Å². The predicted molar refractivity (Wildman–Crippen MR) is 76.6 cm³/mol. The van der Waals surface area contributed by atoms with Gasteiger partial charge in [-0.2, -0.15) is 0 Å². The summed E-state index contributed by atoms with van der Waals surface area (Å²) < 4.78 is 5.41. The Hall–Kier alpha value is -1.26. The minimum absolute atomic E-state index is 0.0639. The molecule has 0 spiro atoms. The van der Waals surface area contributed by atoms with Crippen LogP contribution in [0.5, 0.6) is 0 Å². The van der Waals surface area contributed by atoms with E-state index in [-0.39, 0.29) is 12.1 Å². The maximum Gasteiger partial charge on any atom is 0.414 e. The molecule has 104 valence electrons. The molecule has 5 heteroatoms. The molecule has 1 aliphatic rings. The lowest BCUT2D eigenvalue weighted by molar-refractivity contribution is 0.0576. The third kappa shape index (κ3) is 3.19. The summed E-state index contributed by atoms with van der Waals surface area (Å²) in [7, 11) is 0. The van der Waals surface area contributed by atoms with Crippen molar-refractivity contribution in [1.82, 2.24) is 0 Å². The molecule has 4 nitrogen and oxygen atoms in total. The highest BCUT2D eigenvalue weighted by Crippen LogP contribution is 2.35. The number of hydrogen-bond donors (Lipinski definition) is 1. The molecule has 1 aliphatic heterocycles. The van der Waals surface area contributed by atoms with Gasteiger partial charge < -0.3 is 10.5 Å². The van der Waals surface area contributed by atoms with Crippen molar-refractivity contribution in [3.63, 3.8) is 0 Å². The van der Waals surface area contributed by atoms with Crippen LogP contribution in [0.4, 0.5) is 10.5 Å². The molecule has 2 N–H and O–H groups in total. The molecule has 2 rings (SSSR count). The van der Waals surface area contributed by atoms with Gasteiger partial charge in [0.25, 0.3) is 0 Å². The molecular formula is C14H19ClN2O2. The number of anilines is 1. The van der Waals surface area contributed by atoms with Gasteiger partial charge in [-0.05, 0) is 44.9 Å². The quantitative estimate of drug-likeness (QED) is 0.792. The lowest BCUT2D eigenvalue weighted by atomic mass is 9.97. The highest BCUT2D eigenvalue weighted by molar-refractivity contribution is 6.31. The van der Waals surface area contributed by atoms with Gasteiger partial charge in [0.15, 0.2) is 0 Å². The van der Waals surface area contributed by atoms with E-state index in [0.29, 0.717) is 18.0 Å². The van der Waals surface area contributed by atoms with E-state index in [1.54, 1.807) is 17.0 Å². The Kier molecular flexibility index (Phi) is 3.74. The Bertz CT molecular complexity index is 497. The number of nitrogens with zero attached hydrogens (tertiary/aromatic N) is 1. The molecule has 1 unspecified atom stereocenters. The average Bonchev–Trinajstić information content (AvgIpc) is 2.26. The third-order valence-corrected chi connectivity index (χ3v) is 3.20. The Morgan fingerprint density at radius 2 is 2.16 bits per heavy atom. The normalized spacial score (nSPS) is 19.0. The van der Waals surface area contributed by atoms with Gasteiger partial charge in [-0.1, -0.05) is 17.7 Å². The highest BCUT2D eigenvalue weighted by atomic mass is 35.5. The molecule has 1 aromatic rings. The molecule has 1 aromatic carbocycles. The van der Waals surface area contributed by atoms with Crippen molar-refractivity contribution in [2.75, 3.05) is 11.4 Å². The molecule has 0 bridgehead atoms. The summed E-state index contributed by atoms with van der Waals surface area (Å²) in [5.74, 6) is 0. The van der Waals surface area contributed by atoms with Gasteiger partial charge in [0.05, 0.1) is 5.69 Å². The Balaban J connectivity index is 2.32. The van der Waals surface area contributed by atoms with E-state index in [4.69, 9.17) is 22.1 Å². The fourth-order valence-electron chi connectivity index (χ4n) is 2.11. The van der Waals surface area contributed by atoms with Crippen LogP contribution in [0.2, 0.25) is 5.02 Å².